The lowest BCUT2D eigenvalue weighted by atomic mass is 10.1. The van der Waals surface area contributed by atoms with E-state index in [0.29, 0.717) is 24.3 Å². The fraction of sp³-hybridized carbons (Fsp3) is 0.571. The van der Waals surface area contributed by atoms with Crippen LogP contribution < -0.4 is 4.74 Å². The molecule has 1 rings (SSSR count). The number of non-ortho nitro benzene ring substituents is 1. The summed E-state index contributed by atoms with van der Waals surface area (Å²) in [4.78, 5) is 12.4. The van der Waals surface area contributed by atoms with Gasteiger partial charge in [0.05, 0.1) is 11.0 Å². The predicted octanol–water partition coefficient (Wildman–Crippen LogP) is 2.95. The molecular weight excluding hydrogens is 244 g/mol. The van der Waals surface area contributed by atoms with Gasteiger partial charge >= 0.3 is 0 Å². The molecule has 19 heavy (non-hydrogen) atoms. The number of likely N-dealkylation sites (N-methyl/N-ethyl adjacent to an activating group) is 1. The topological polar surface area (TPSA) is 55.6 Å². The third-order valence-corrected chi connectivity index (χ3v) is 3.40. The molecule has 1 aromatic carbocycles. The highest BCUT2D eigenvalue weighted by Gasteiger charge is 2.13. The SMILES string of the molecule is CC(C)[C@H](C)N(C)CCOc1cccc([N+](=O)[O-])c1. The van der Waals surface area contributed by atoms with E-state index in [4.69, 9.17) is 4.74 Å². The smallest absolute Gasteiger partial charge is 0.273 e. The van der Waals surface area contributed by atoms with E-state index in [1.807, 2.05) is 0 Å². The summed E-state index contributed by atoms with van der Waals surface area (Å²) in [5.41, 5.74) is 0.0569. The molecule has 0 unspecified atom stereocenters. The molecule has 0 amide bonds. The Balaban J connectivity index is 2.45. The average Bonchev–Trinajstić information content (AvgIpc) is 2.37. The molecule has 0 fully saturated rings. The van der Waals surface area contributed by atoms with E-state index in [2.05, 4.69) is 32.7 Å². The van der Waals surface area contributed by atoms with Crippen molar-refractivity contribution in [3.63, 3.8) is 0 Å². The van der Waals surface area contributed by atoms with Crippen LogP contribution in [0.1, 0.15) is 20.8 Å². The first kappa shape index (κ1) is 15.4. The van der Waals surface area contributed by atoms with Crippen LogP contribution in [0.3, 0.4) is 0 Å². The number of rotatable bonds is 7. The molecule has 0 aliphatic carbocycles. The minimum absolute atomic E-state index is 0.0569. The van der Waals surface area contributed by atoms with E-state index in [1.54, 1.807) is 12.1 Å². The van der Waals surface area contributed by atoms with Crippen molar-refractivity contribution in [2.24, 2.45) is 5.92 Å². The first-order chi connectivity index (χ1) is 8.91. The Labute approximate surface area is 114 Å². The summed E-state index contributed by atoms with van der Waals surface area (Å²) in [6.45, 7) is 7.86. The zero-order valence-electron chi connectivity index (χ0n) is 12.0. The van der Waals surface area contributed by atoms with Crippen LogP contribution in [0.25, 0.3) is 0 Å². The summed E-state index contributed by atoms with van der Waals surface area (Å²) >= 11 is 0. The standard InChI is InChI=1S/C14H22N2O3/c1-11(2)12(3)15(4)8-9-19-14-7-5-6-13(10-14)16(17)18/h5-7,10-12H,8-9H2,1-4H3/t12-/m0/s1. The Morgan fingerprint density at radius 3 is 2.63 bits per heavy atom. The minimum Gasteiger partial charge on any atom is -0.492 e. The van der Waals surface area contributed by atoms with Gasteiger partial charge in [-0.05, 0) is 26.0 Å². The summed E-state index contributed by atoms with van der Waals surface area (Å²) in [5.74, 6) is 1.13. The lowest BCUT2D eigenvalue weighted by Gasteiger charge is -2.27. The quantitative estimate of drug-likeness (QED) is 0.562. The third-order valence-electron chi connectivity index (χ3n) is 3.40. The molecule has 0 heterocycles. The van der Waals surface area contributed by atoms with Gasteiger partial charge in [0.15, 0.2) is 0 Å². The maximum absolute atomic E-state index is 10.6. The molecule has 0 aromatic heterocycles. The van der Waals surface area contributed by atoms with Gasteiger partial charge in [0, 0.05) is 18.7 Å². The van der Waals surface area contributed by atoms with Gasteiger partial charge in [-0.3, -0.25) is 10.1 Å². The molecule has 1 aromatic rings. The minimum atomic E-state index is -0.417. The van der Waals surface area contributed by atoms with Crippen LogP contribution in [0, 0.1) is 16.0 Å². The molecule has 106 valence electrons. The highest BCUT2D eigenvalue weighted by atomic mass is 16.6. The van der Waals surface area contributed by atoms with E-state index in [-0.39, 0.29) is 5.69 Å². The molecule has 5 nitrogen and oxygen atoms in total. The van der Waals surface area contributed by atoms with Crippen LogP contribution >= 0.6 is 0 Å². The van der Waals surface area contributed by atoms with E-state index < -0.39 is 4.92 Å². The van der Waals surface area contributed by atoms with Crippen molar-refractivity contribution >= 4 is 5.69 Å². The van der Waals surface area contributed by atoms with Crippen LogP contribution in [-0.4, -0.2) is 36.1 Å². The third kappa shape index (κ3) is 4.87. The van der Waals surface area contributed by atoms with E-state index in [0.717, 1.165) is 6.54 Å². The number of benzene rings is 1. The molecule has 5 heteroatoms. The molecular formula is C14H22N2O3. The molecule has 0 saturated carbocycles. The highest BCUT2D eigenvalue weighted by Crippen LogP contribution is 2.19. The van der Waals surface area contributed by atoms with E-state index >= 15 is 0 Å². The summed E-state index contributed by atoms with van der Waals surface area (Å²) < 4.78 is 5.55. The highest BCUT2D eigenvalue weighted by molar-refractivity contribution is 5.37. The van der Waals surface area contributed by atoms with Crippen LogP contribution in [-0.2, 0) is 0 Å². The van der Waals surface area contributed by atoms with Crippen LogP contribution in [0.5, 0.6) is 5.75 Å². The zero-order chi connectivity index (χ0) is 14.4. The summed E-state index contributed by atoms with van der Waals surface area (Å²) in [7, 11) is 2.06. The molecule has 0 bridgehead atoms. The van der Waals surface area contributed by atoms with Gasteiger partial charge in [-0.2, -0.15) is 0 Å². The number of nitro benzene ring substituents is 1. The molecule has 0 N–H and O–H groups in total. The summed E-state index contributed by atoms with van der Waals surface area (Å²) in [5, 5.41) is 10.6. The number of ether oxygens (including phenoxy) is 1. The van der Waals surface area contributed by atoms with Gasteiger partial charge in [0.2, 0.25) is 0 Å². The molecule has 1 atom stereocenters. The fourth-order valence-corrected chi connectivity index (χ4v) is 1.71. The Morgan fingerprint density at radius 1 is 1.37 bits per heavy atom. The van der Waals surface area contributed by atoms with Crippen LogP contribution in [0.15, 0.2) is 24.3 Å². The van der Waals surface area contributed by atoms with Gasteiger partial charge in [-0.25, -0.2) is 0 Å². The van der Waals surface area contributed by atoms with Gasteiger partial charge in [-0.1, -0.05) is 19.9 Å². The first-order valence-electron chi connectivity index (χ1n) is 6.49. The van der Waals surface area contributed by atoms with Crippen molar-refractivity contribution in [2.45, 2.75) is 26.8 Å². The Kier molecular flexibility index (Phi) is 5.76. The fourth-order valence-electron chi connectivity index (χ4n) is 1.71. The van der Waals surface area contributed by atoms with E-state index in [1.165, 1.54) is 12.1 Å². The molecule has 0 saturated heterocycles. The normalized spacial score (nSPS) is 12.7. The average molecular weight is 266 g/mol. The molecule has 0 aliphatic heterocycles. The maximum atomic E-state index is 10.6. The number of nitrogens with zero attached hydrogens (tertiary/aromatic N) is 2. The second-order valence-corrected chi connectivity index (χ2v) is 5.07. The zero-order valence-corrected chi connectivity index (χ0v) is 12.0. The largest absolute Gasteiger partial charge is 0.492 e. The van der Waals surface area contributed by atoms with Crippen LogP contribution in [0.4, 0.5) is 5.69 Å². The Morgan fingerprint density at radius 2 is 2.05 bits per heavy atom. The second-order valence-electron chi connectivity index (χ2n) is 5.07. The second kappa shape index (κ2) is 7.09. The number of hydrogen-bond acceptors (Lipinski definition) is 4. The lowest BCUT2D eigenvalue weighted by molar-refractivity contribution is -0.384. The predicted molar refractivity (Wildman–Crippen MR) is 75.5 cm³/mol. The van der Waals surface area contributed by atoms with Gasteiger partial charge < -0.3 is 9.64 Å². The molecule has 0 spiro atoms. The van der Waals surface area contributed by atoms with Crippen molar-refractivity contribution in [1.82, 2.24) is 4.90 Å². The van der Waals surface area contributed by atoms with Gasteiger partial charge in [-0.15, -0.1) is 0 Å². The van der Waals surface area contributed by atoms with Crippen molar-refractivity contribution in [1.29, 1.82) is 0 Å². The van der Waals surface area contributed by atoms with Crippen molar-refractivity contribution < 1.29 is 9.66 Å². The van der Waals surface area contributed by atoms with Gasteiger partial charge in [0.25, 0.3) is 5.69 Å². The number of hydrogen-bond donors (Lipinski definition) is 0. The van der Waals surface area contributed by atoms with Crippen molar-refractivity contribution in [2.75, 3.05) is 20.2 Å². The molecule has 0 radical (unpaired) electrons. The Bertz CT molecular complexity index is 421. The number of nitro groups is 1. The van der Waals surface area contributed by atoms with Crippen molar-refractivity contribution in [3.05, 3.63) is 34.4 Å². The van der Waals surface area contributed by atoms with Crippen molar-refractivity contribution in [3.8, 4) is 5.75 Å². The lowest BCUT2D eigenvalue weighted by Crippen LogP contribution is -2.36. The summed E-state index contributed by atoms with van der Waals surface area (Å²) in [6, 6.07) is 6.76. The maximum Gasteiger partial charge on any atom is 0.273 e. The van der Waals surface area contributed by atoms with Crippen LogP contribution in [0.2, 0.25) is 0 Å². The Hall–Kier alpha value is -1.62. The monoisotopic (exact) mass is 266 g/mol. The van der Waals surface area contributed by atoms with Gasteiger partial charge in [0.1, 0.15) is 12.4 Å². The van der Waals surface area contributed by atoms with E-state index in [9.17, 15) is 10.1 Å². The molecule has 0 aliphatic rings. The first-order valence-corrected chi connectivity index (χ1v) is 6.49. The summed E-state index contributed by atoms with van der Waals surface area (Å²) in [6.07, 6.45) is 0.